The minimum atomic E-state index is -0.133. The first-order chi connectivity index (χ1) is 9.74. The molecule has 0 amide bonds. The van der Waals surface area contributed by atoms with Crippen LogP contribution in [0.3, 0.4) is 0 Å². The molecule has 2 atom stereocenters. The average molecular weight is 298 g/mol. The van der Waals surface area contributed by atoms with Crippen molar-refractivity contribution in [3.8, 4) is 0 Å². The van der Waals surface area contributed by atoms with Crippen molar-refractivity contribution < 1.29 is 9.13 Å². The molecule has 2 rings (SSSR count). The second kappa shape index (κ2) is 7.98. The van der Waals surface area contributed by atoms with Crippen molar-refractivity contribution in [3.05, 3.63) is 30.1 Å². The Morgan fingerprint density at radius 3 is 2.95 bits per heavy atom. The van der Waals surface area contributed by atoms with Crippen LogP contribution in [0.4, 0.5) is 4.39 Å². The van der Waals surface area contributed by atoms with Crippen molar-refractivity contribution in [1.29, 1.82) is 0 Å². The van der Waals surface area contributed by atoms with Gasteiger partial charge in [-0.3, -0.25) is 4.90 Å². The van der Waals surface area contributed by atoms with Crippen molar-refractivity contribution in [2.24, 2.45) is 5.73 Å². The summed E-state index contributed by atoms with van der Waals surface area (Å²) in [6.45, 7) is 2.61. The van der Waals surface area contributed by atoms with Gasteiger partial charge in [-0.25, -0.2) is 4.39 Å². The van der Waals surface area contributed by atoms with Crippen LogP contribution in [0, 0.1) is 5.82 Å². The molecular weight excluding hydrogens is 275 g/mol. The zero-order chi connectivity index (χ0) is 14.4. The van der Waals surface area contributed by atoms with Gasteiger partial charge >= 0.3 is 0 Å². The molecule has 1 saturated heterocycles. The second-order valence-electron chi connectivity index (χ2n) is 5.09. The third kappa shape index (κ3) is 4.19. The Morgan fingerprint density at radius 1 is 1.45 bits per heavy atom. The van der Waals surface area contributed by atoms with Crippen LogP contribution in [-0.2, 0) is 4.74 Å². The third-order valence-corrected chi connectivity index (χ3v) is 4.90. The van der Waals surface area contributed by atoms with Gasteiger partial charge in [0.15, 0.2) is 0 Å². The van der Waals surface area contributed by atoms with Crippen LogP contribution < -0.4 is 5.73 Å². The summed E-state index contributed by atoms with van der Waals surface area (Å²) in [5.74, 6) is 0.751. The van der Waals surface area contributed by atoms with Gasteiger partial charge in [0.05, 0.1) is 6.10 Å². The van der Waals surface area contributed by atoms with Gasteiger partial charge in [0.1, 0.15) is 5.82 Å². The molecule has 1 heterocycles. The lowest BCUT2D eigenvalue weighted by Crippen LogP contribution is -2.49. The van der Waals surface area contributed by atoms with Crippen molar-refractivity contribution in [3.63, 3.8) is 0 Å². The fourth-order valence-electron chi connectivity index (χ4n) is 2.65. The van der Waals surface area contributed by atoms with E-state index in [0.29, 0.717) is 18.7 Å². The highest BCUT2D eigenvalue weighted by Gasteiger charge is 2.26. The van der Waals surface area contributed by atoms with E-state index in [2.05, 4.69) is 4.90 Å². The molecule has 0 aliphatic carbocycles. The SMILES string of the molecule is COC1CCN(CCSc2ccccc2F)C(CN)C1. The van der Waals surface area contributed by atoms with Crippen molar-refractivity contribution in [1.82, 2.24) is 4.90 Å². The van der Waals surface area contributed by atoms with Gasteiger partial charge in [-0.2, -0.15) is 0 Å². The number of likely N-dealkylation sites (tertiary alicyclic amines) is 1. The van der Waals surface area contributed by atoms with Crippen LogP contribution in [0.1, 0.15) is 12.8 Å². The number of piperidine rings is 1. The van der Waals surface area contributed by atoms with Gasteiger partial charge in [-0.05, 0) is 25.0 Å². The number of nitrogens with zero attached hydrogens (tertiary/aromatic N) is 1. The third-order valence-electron chi connectivity index (χ3n) is 3.87. The molecule has 2 unspecified atom stereocenters. The van der Waals surface area contributed by atoms with Crippen LogP contribution in [0.5, 0.6) is 0 Å². The standard InChI is InChI=1S/C15H23FN2OS/c1-19-13-6-7-18(12(10-13)11-17)8-9-20-15-5-3-2-4-14(15)16/h2-5,12-13H,6-11,17H2,1H3. The normalized spacial score (nSPS) is 23.9. The summed E-state index contributed by atoms with van der Waals surface area (Å²) < 4.78 is 18.9. The Labute approximate surface area is 124 Å². The predicted molar refractivity (Wildman–Crippen MR) is 81.6 cm³/mol. The molecule has 20 heavy (non-hydrogen) atoms. The number of hydrogen-bond donors (Lipinski definition) is 1. The van der Waals surface area contributed by atoms with E-state index in [0.717, 1.165) is 36.6 Å². The number of ether oxygens (including phenoxy) is 1. The second-order valence-corrected chi connectivity index (χ2v) is 6.22. The zero-order valence-electron chi connectivity index (χ0n) is 11.9. The lowest BCUT2D eigenvalue weighted by atomic mass is 9.99. The van der Waals surface area contributed by atoms with E-state index in [4.69, 9.17) is 10.5 Å². The summed E-state index contributed by atoms with van der Waals surface area (Å²) in [6.07, 6.45) is 2.38. The highest BCUT2D eigenvalue weighted by Crippen LogP contribution is 2.23. The minimum Gasteiger partial charge on any atom is -0.381 e. The topological polar surface area (TPSA) is 38.5 Å². The maximum Gasteiger partial charge on any atom is 0.136 e. The zero-order valence-corrected chi connectivity index (χ0v) is 12.7. The molecular formula is C15H23FN2OS. The number of benzene rings is 1. The van der Waals surface area contributed by atoms with E-state index in [1.165, 1.54) is 6.07 Å². The molecule has 0 spiro atoms. The van der Waals surface area contributed by atoms with E-state index >= 15 is 0 Å². The Bertz CT molecular complexity index is 419. The van der Waals surface area contributed by atoms with E-state index in [9.17, 15) is 4.39 Å². The number of halogens is 1. The quantitative estimate of drug-likeness (QED) is 0.818. The Morgan fingerprint density at radius 2 is 2.25 bits per heavy atom. The number of methoxy groups -OCH3 is 1. The number of rotatable bonds is 6. The van der Waals surface area contributed by atoms with Crippen LogP contribution in [0.2, 0.25) is 0 Å². The first-order valence-corrected chi connectivity index (χ1v) is 8.07. The predicted octanol–water partition coefficient (Wildman–Crippen LogP) is 2.36. The monoisotopic (exact) mass is 298 g/mol. The summed E-state index contributed by atoms with van der Waals surface area (Å²) in [7, 11) is 1.77. The largest absolute Gasteiger partial charge is 0.381 e. The van der Waals surface area contributed by atoms with Crippen molar-refractivity contribution in [2.45, 2.75) is 29.9 Å². The van der Waals surface area contributed by atoms with Crippen molar-refractivity contribution >= 4 is 11.8 Å². The maximum absolute atomic E-state index is 13.5. The first-order valence-electron chi connectivity index (χ1n) is 7.08. The highest BCUT2D eigenvalue weighted by molar-refractivity contribution is 7.99. The van der Waals surface area contributed by atoms with Gasteiger partial charge in [-0.1, -0.05) is 12.1 Å². The van der Waals surface area contributed by atoms with E-state index in [-0.39, 0.29) is 5.82 Å². The number of thioether (sulfide) groups is 1. The Balaban J connectivity index is 1.80. The van der Waals surface area contributed by atoms with Gasteiger partial charge < -0.3 is 10.5 Å². The van der Waals surface area contributed by atoms with Gasteiger partial charge in [0.25, 0.3) is 0 Å². The molecule has 2 N–H and O–H groups in total. The van der Waals surface area contributed by atoms with Gasteiger partial charge in [-0.15, -0.1) is 11.8 Å². The van der Waals surface area contributed by atoms with Gasteiger partial charge in [0.2, 0.25) is 0 Å². The van der Waals surface area contributed by atoms with Crippen LogP contribution in [0.15, 0.2) is 29.2 Å². The molecule has 1 aromatic carbocycles. The number of hydrogen-bond acceptors (Lipinski definition) is 4. The Hall–Kier alpha value is -0.620. The summed E-state index contributed by atoms with van der Waals surface area (Å²) in [5.41, 5.74) is 5.85. The summed E-state index contributed by atoms with van der Waals surface area (Å²) in [4.78, 5) is 3.13. The molecule has 5 heteroatoms. The molecule has 0 bridgehead atoms. The smallest absolute Gasteiger partial charge is 0.136 e. The van der Waals surface area contributed by atoms with Crippen LogP contribution in [0.25, 0.3) is 0 Å². The van der Waals surface area contributed by atoms with Crippen molar-refractivity contribution in [2.75, 3.05) is 32.5 Å². The molecule has 1 aliphatic rings. The lowest BCUT2D eigenvalue weighted by molar-refractivity contribution is 0.0158. The molecule has 112 valence electrons. The molecule has 1 aromatic rings. The van der Waals surface area contributed by atoms with Gasteiger partial charge in [0, 0.05) is 43.4 Å². The summed E-state index contributed by atoms with van der Waals surface area (Å²) in [5, 5.41) is 0. The molecule has 0 aromatic heterocycles. The lowest BCUT2D eigenvalue weighted by Gasteiger charge is -2.38. The highest BCUT2D eigenvalue weighted by atomic mass is 32.2. The van der Waals surface area contributed by atoms with E-state index < -0.39 is 0 Å². The van der Waals surface area contributed by atoms with Crippen LogP contribution >= 0.6 is 11.8 Å². The first kappa shape index (κ1) is 15.8. The molecule has 3 nitrogen and oxygen atoms in total. The van der Waals surface area contributed by atoms with Crippen LogP contribution in [-0.4, -0.2) is 49.5 Å². The minimum absolute atomic E-state index is 0.133. The Kier molecular flexibility index (Phi) is 6.29. The van der Waals surface area contributed by atoms with E-state index in [1.54, 1.807) is 24.9 Å². The molecule has 0 radical (unpaired) electrons. The number of nitrogens with two attached hydrogens (primary N) is 1. The fraction of sp³-hybridized carbons (Fsp3) is 0.600. The summed E-state index contributed by atoms with van der Waals surface area (Å²) >= 11 is 1.57. The van der Waals surface area contributed by atoms with E-state index in [1.807, 2.05) is 12.1 Å². The summed E-state index contributed by atoms with van der Waals surface area (Å²) in [6, 6.07) is 7.32. The fourth-order valence-corrected chi connectivity index (χ4v) is 3.58. The average Bonchev–Trinajstić information content (AvgIpc) is 2.49. The maximum atomic E-state index is 13.5. The molecule has 0 saturated carbocycles. The molecule has 1 aliphatic heterocycles. The molecule has 1 fully saturated rings.